The Balaban J connectivity index is 0.986. The quantitative estimate of drug-likeness (QED) is 0.153. The number of nitrogens with zero attached hydrogens (tertiary/aromatic N) is 2. The largest absolute Gasteiger partial charge is 0.455 e. The van der Waals surface area contributed by atoms with Gasteiger partial charge in [0.25, 0.3) is 0 Å². The van der Waals surface area contributed by atoms with Crippen LogP contribution in [0.3, 0.4) is 0 Å². The number of benzene rings is 10. The Labute approximate surface area is 366 Å². The first-order valence-electron chi connectivity index (χ1n) is 21.5. The van der Waals surface area contributed by atoms with Gasteiger partial charge in [-0.2, -0.15) is 0 Å². The summed E-state index contributed by atoms with van der Waals surface area (Å²) in [5.74, 6) is 0. The number of para-hydroxylation sites is 6. The molecule has 3 heteroatoms. The molecule has 12 aromatic rings. The Bertz CT molecular complexity index is 3560. The first-order valence-corrected chi connectivity index (χ1v) is 21.5. The summed E-state index contributed by atoms with van der Waals surface area (Å²) in [6, 6.07) is 87.1. The van der Waals surface area contributed by atoms with Crippen molar-refractivity contribution in [1.82, 2.24) is 4.57 Å². The van der Waals surface area contributed by atoms with E-state index in [9.17, 15) is 0 Å². The summed E-state index contributed by atoms with van der Waals surface area (Å²) < 4.78 is 8.87. The first kappa shape index (κ1) is 36.5. The maximum atomic E-state index is 6.44. The fourth-order valence-corrected chi connectivity index (χ4v) is 9.48. The van der Waals surface area contributed by atoms with E-state index in [1.807, 2.05) is 12.1 Å². The molecule has 0 saturated heterocycles. The van der Waals surface area contributed by atoms with E-state index in [0.29, 0.717) is 0 Å². The molecule has 0 saturated carbocycles. The van der Waals surface area contributed by atoms with Crippen molar-refractivity contribution in [3.63, 3.8) is 0 Å². The van der Waals surface area contributed by atoms with Crippen molar-refractivity contribution < 1.29 is 4.42 Å². The summed E-state index contributed by atoms with van der Waals surface area (Å²) >= 11 is 0. The smallest absolute Gasteiger partial charge is 0.143 e. The first-order chi connectivity index (χ1) is 31.3. The molecule has 0 aliphatic heterocycles. The van der Waals surface area contributed by atoms with Gasteiger partial charge in [-0.1, -0.05) is 182 Å². The fraction of sp³-hybridized carbons (Fsp3) is 0. The summed E-state index contributed by atoms with van der Waals surface area (Å²) in [6.07, 6.45) is 0. The molecule has 0 unspecified atom stereocenters. The number of hydrogen-bond acceptors (Lipinski definition) is 2. The highest BCUT2D eigenvalue weighted by atomic mass is 16.3. The predicted octanol–water partition coefficient (Wildman–Crippen LogP) is 16.8. The van der Waals surface area contributed by atoms with Crippen LogP contribution in [0.1, 0.15) is 0 Å². The van der Waals surface area contributed by atoms with Gasteiger partial charge in [0, 0.05) is 49.6 Å². The van der Waals surface area contributed by atoms with E-state index in [2.05, 4.69) is 240 Å². The van der Waals surface area contributed by atoms with Crippen molar-refractivity contribution in [1.29, 1.82) is 0 Å². The highest BCUT2D eigenvalue weighted by molar-refractivity contribution is 6.11. The lowest BCUT2D eigenvalue weighted by molar-refractivity contribution is 0.670. The second-order valence-corrected chi connectivity index (χ2v) is 16.1. The Kier molecular flexibility index (Phi) is 8.83. The molecular formula is C60H40N2O. The van der Waals surface area contributed by atoms with Gasteiger partial charge in [0.1, 0.15) is 11.2 Å². The monoisotopic (exact) mass is 804 g/mol. The third kappa shape index (κ3) is 6.29. The summed E-state index contributed by atoms with van der Waals surface area (Å²) in [5.41, 5.74) is 17.7. The predicted molar refractivity (Wildman–Crippen MR) is 264 cm³/mol. The summed E-state index contributed by atoms with van der Waals surface area (Å²) in [6.45, 7) is 0. The van der Waals surface area contributed by atoms with Gasteiger partial charge in [0.2, 0.25) is 0 Å². The topological polar surface area (TPSA) is 21.3 Å². The van der Waals surface area contributed by atoms with E-state index < -0.39 is 0 Å². The average molecular weight is 805 g/mol. The number of hydrogen-bond donors (Lipinski definition) is 0. The molecule has 0 amide bonds. The van der Waals surface area contributed by atoms with Crippen LogP contribution in [0.25, 0.3) is 93.9 Å². The van der Waals surface area contributed by atoms with Crippen LogP contribution in [0.15, 0.2) is 247 Å². The minimum Gasteiger partial charge on any atom is -0.455 e. The summed E-state index contributed by atoms with van der Waals surface area (Å²) in [5, 5.41) is 4.76. The molecule has 2 heterocycles. The van der Waals surface area contributed by atoms with Crippen molar-refractivity contribution in [2.45, 2.75) is 0 Å². The van der Waals surface area contributed by atoms with Gasteiger partial charge < -0.3 is 13.9 Å². The van der Waals surface area contributed by atoms with E-state index >= 15 is 0 Å². The highest BCUT2D eigenvalue weighted by Gasteiger charge is 2.21. The minimum atomic E-state index is 0.905. The highest BCUT2D eigenvalue weighted by Crippen LogP contribution is 2.45. The van der Waals surface area contributed by atoms with E-state index in [1.165, 1.54) is 32.9 Å². The van der Waals surface area contributed by atoms with Crippen LogP contribution in [0.2, 0.25) is 0 Å². The van der Waals surface area contributed by atoms with Crippen LogP contribution in [0, 0.1) is 0 Å². The zero-order valence-electron chi connectivity index (χ0n) is 34.4. The van der Waals surface area contributed by atoms with Gasteiger partial charge in [0.05, 0.1) is 22.4 Å². The maximum Gasteiger partial charge on any atom is 0.143 e. The van der Waals surface area contributed by atoms with E-state index in [-0.39, 0.29) is 0 Å². The lowest BCUT2D eigenvalue weighted by Gasteiger charge is -2.29. The molecule has 0 N–H and O–H groups in total. The standard InChI is InChI=1S/C60H40N2O/c1-2-16-41(17-3-1)42-32-36-46(37-33-42)61(47-38-34-43(35-39-47)44-18-14-19-45(40-44)48-25-15-26-54-53-24-8-13-31-59(53)63-60(48)54)55-27-9-4-20-49(55)50-21-5-10-28-56(50)62-57-29-11-6-22-51(57)52-23-7-12-30-58(52)62/h1-40H. The lowest BCUT2D eigenvalue weighted by Crippen LogP contribution is -2.11. The zero-order chi connectivity index (χ0) is 41.7. The summed E-state index contributed by atoms with van der Waals surface area (Å²) in [4.78, 5) is 2.40. The minimum absolute atomic E-state index is 0.905. The van der Waals surface area contributed by atoms with Gasteiger partial charge in [-0.05, 0) is 88.5 Å². The Morgan fingerprint density at radius 3 is 1.54 bits per heavy atom. The molecule has 0 fully saturated rings. The van der Waals surface area contributed by atoms with Crippen LogP contribution in [0.4, 0.5) is 17.1 Å². The van der Waals surface area contributed by atoms with Crippen molar-refractivity contribution in [3.8, 4) is 50.2 Å². The molecule has 63 heavy (non-hydrogen) atoms. The Morgan fingerprint density at radius 2 is 0.810 bits per heavy atom. The molecule has 296 valence electrons. The number of fused-ring (bicyclic) bond motifs is 6. The van der Waals surface area contributed by atoms with Crippen LogP contribution < -0.4 is 4.90 Å². The Morgan fingerprint density at radius 1 is 0.317 bits per heavy atom. The van der Waals surface area contributed by atoms with Crippen molar-refractivity contribution in [2.24, 2.45) is 0 Å². The lowest BCUT2D eigenvalue weighted by atomic mass is 9.97. The molecule has 3 nitrogen and oxygen atoms in total. The van der Waals surface area contributed by atoms with Crippen LogP contribution in [0.5, 0.6) is 0 Å². The molecule has 0 atom stereocenters. The second-order valence-electron chi connectivity index (χ2n) is 16.1. The maximum absolute atomic E-state index is 6.44. The molecule has 0 aliphatic rings. The Hall–Kier alpha value is -8.40. The van der Waals surface area contributed by atoms with Crippen molar-refractivity contribution in [3.05, 3.63) is 243 Å². The molecule has 2 aromatic heterocycles. The van der Waals surface area contributed by atoms with E-state index in [0.717, 1.165) is 78.1 Å². The summed E-state index contributed by atoms with van der Waals surface area (Å²) in [7, 11) is 0. The normalized spacial score (nSPS) is 11.5. The van der Waals surface area contributed by atoms with Gasteiger partial charge in [0.15, 0.2) is 0 Å². The third-order valence-electron chi connectivity index (χ3n) is 12.4. The number of anilines is 3. The number of furan rings is 1. The molecule has 12 rings (SSSR count). The van der Waals surface area contributed by atoms with Crippen LogP contribution >= 0.6 is 0 Å². The molecule has 0 bridgehead atoms. The average Bonchev–Trinajstić information content (AvgIpc) is 3.91. The van der Waals surface area contributed by atoms with E-state index in [4.69, 9.17) is 4.42 Å². The van der Waals surface area contributed by atoms with Gasteiger partial charge in [-0.15, -0.1) is 0 Å². The van der Waals surface area contributed by atoms with Crippen LogP contribution in [-0.2, 0) is 0 Å². The number of aromatic nitrogens is 1. The SMILES string of the molecule is c1ccc(-c2ccc(N(c3ccc(-c4cccc(-c5cccc6c5oc5ccccc56)c4)cc3)c3ccccc3-c3ccccc3-n3c4ccccc4c4ccccc43)cc2)cc1. The van der Waals surface area contributed by atoms with Gasteiger partial charge in [-0.25, -0.2) is 0 Å². The van der Waals surface area contributed by atoms with Crippen LogP contribution in [-0.4, -0.2) is 4.57 Å². The van der Waals surface area contributed by atoms with Crippen molar-refractivity contribution >= 4 is 60.8 Å². The molecule has 0 radical (unpaired) electrons. The van der Waals surface area contributed by atoms with Gasteiger partial charge >= 0.3 is 0 Å². The van der Waals surface area contributed by atoms with Gasteiger partial charge in [-0.3, -0.25) is 0 Å². The fourth-order valence-electron chi connectivity index (χ4n) is 9.48. The number of rotatable bonds is 8. The van der Waals surface area contributed by atoms with Crippen molar-refractivity contribution in [2.75, 3.05) is 4.90 Å². The molecule has 0 aliphatic carbocycles. The second kappa shape index (κ2) is 15.3. The van der Waals surface area contributed by atoms with E-state index in [1.54, 1.807) is 0 Å². The molecule has 0 spiro atoms. The molecule has 10 aromatic carbocycles. The third-order valence-corrected chi connectivity index (χ3v) is 12.4. The zero-order valence-corrected chi connectivity index (χ0v) is 34.4. The molecular weight excluding hydrogens is 765 g/mol.